The van der Waals surface area contributed by atoms with Crippen molar-refractivity contribution in [2.75, 3.05) is 93.2 Å². The minimum atomic E-state index is -2.82. The molecule has 4 amide bonds. The number of aryl methyl sites for hydroxylation is 1. The van der Waals surface area contributed by atoms with Gasteiger partial charge >= 0.3 is 0 Å². The quantitative estimate of drug-likeness (QED) is 0.104. The van der Waals surface area contributed by atoms with Gasteiger partial charge in [-0.15, -0.1) is 0 Å². The van der Waals surface area contributed by atoms with Crippen molar-refractivity contribution in [2.45, 2.75) is 43.8 Å². The molecule has 4 fully saturated rings. The number of imide groups is 2. The van der Waals surface area contributed by atoms with E-state index in [4.69, 9.17) is 9.72 Å². The van der Waals surface area contributed by atoms with Crippen molar-refractivity contribution in [3.63, 3.8) is 0 Å². The van der Waals surface area contributed by atoms with E-state index in [1.54, 1.807) is 43.7 Å². The molecule has 0 saturated carbocycles. The lowest BCUT2D eigenvalue weighted by Gasteiger charge is -2.50. The topological polar surface area (TPSA) is 216 Å². The fourth-order valence-electron chi connectivity index (χ4n) is 10.9. The number of fused-ring (bicyclic) bond motifs is 2. The maximum Gasteiger partial charge on any atom is 0.262 e. The molecular weight excluding hydrogens is 1020 g/mol. The third-order valence-electron chi connectivity index (χ3n) is 14.6. The first kappa shape index (κ1) is 48.4. The van der Waals surface area contributed by atoms with Crippen molar-refractivity contribution in [2.24, 2.45) is 7.05 Å². The number of piperidine rings is 2. The van der Waals surface area contributed by atoms with E-state index >= 15 is 4.39 Å². The second-order valence-electron chi connectivity index (χ2n) is 19.5. The number of halogens is 2. The van der Waals surface area contributed by atoms with Gasteiger partial charge < -0.3 is 29.7 Å². The van der Waals surface area contributed by atoms with Crippen LogP contribution in [0.5, 0.6) is 5.75 Å². The van der Waals surface area contributed by atoms with Crippen LogP contribution in [0.2, 0.25) is 0 Å². The minimum absolute atomic E-state index is 0.0115. The van der Waals surface area contributed by atoms with E-state index in [9.17, 15) is 23.7 Å². The molecular formula is C50H53BrFN14O6P. The molecule has 0 radical (unpaired) electrons. The van der Waals surface area contributed by atoms with Gasteiger partial charge in [0.2, 0.25) is 17.8 Å². The summed E-state index contributed by atoms with van der Waals surface area (Å²) in [6.07, 6.45) is 10.7. The Kier molecular flexibility index (Phi) is 12.7. The second-order valence-corrected chi connectivity index (χ2v) is 23.5. The molecule has 73 heavy (non-hydrogen) atoms. The molecule has 1 unspecified atom stereocenters. The van der Waals surface area contributed by atoms with Crippen molar-refractivity contribution >= 4 is 97.6 Å². The Morgan fingerprint density at radius 1 is 0.795 bits per heavy atom. The van der Waals surface area contributed by atoms with Crippen LogP contribution in [0.4, 0.5) is 38.9 Å². The van der Waals surface area contributed by atoms with Crippen LogP contribution in [0.1, 0.15) is 46.4 Å². The predicted octanol–water partition coefficient (Wildman–Crippen LogP) is 5.34. The van der Waals surface area contributed by atoms with Crippen molar-refractivity contribution in [3.05, 3.63) is 88.8 Å². The zero-order chi connectivity index (χ0) is 50.9. The van der Waals surface area contributed by atoms with Crippen LogP contribution in [0, 0.1) is 5.82 Å². The van der Waals surface area contributed by atoms with Gasteiger partial charge in [0.15, 0.2) is 0 Å². The number of carbonyl (C=O) groups excluding carboxylic acids is 4. The van der Waals surface area contributed by atoms with Crippen LogP contribution in [-0.4, -0.2) is 159 Å². The molecule has 4 saturated heterocycles. The summed E-state index contributed by atoms with van der Waals surface area (Å²) in [5.74, 6) is -1.73. The van der Waals surface area contributed by atoms with Gasteiger partial charge in [0.1, 0.15) is 36.1 Å². The number of benzene rings is 3. The van der Waals surface area contributed by atoms with Gasteiger partial charge in [-0.05, 0) is 78.9 Å². The maximum absolute atomic E-state index is 15.6. The Labute approximate surface area is 428 Å². The number of piperazine rings is 1. The van der Waals surface area contributed by atoms with E-state index in [1.165, 1.54) is 6.07 Å². The van der Waals surface area contributed by atoms with Gasteiger partial charge in [-0.1, -0.05) is 0 Å². The number of nitrogens with one attached hydrogen (secondary N) is 3. The summed E-state index contributed by atoms with van der Waals surface area (Å²) >= 11 is 3.60. The number of anilines is 6. The lowest BCUT2D eigenvalue weighted by molar-refractivity contribution is -0.136. The normalized spacial score (nSPS) is 19.4. The van der Waals surface area contributed by atoms with Crippen LogP contribution in [0.15, 0.2) is 71.9 Å². The Morgan fingerprint density at radius 2 is 1.51 bits per heavy atom. The summed E-state index contributed by atoms with van der Waals surface area (Å²) < 4.78 is 37.6. The van der Waals surface area contributed by atoms with Crippen LogP contribution < -0.4 is 35.8 Å². The molecule has 5 aliphatic heterocycles. The number of aromatic nitrogens is 6. The molecule has 3 aromatic heterocycles. The highest BCUT2D eigenvalue weighted by molar-refractivity contribution is 9.10. The highest BCUT2D eigenvalue weighted by Gasteiger charge is 2.46. The predicted molar refractivity (Wildman–Crippen MR) is 278 cm³/mol. The van der Waals surface area contributed by atoms with Crippen molar-refractivity contribution in [1.29, 1.82) is 0 Å². The molecule has 5 aliphatic rings. The Balaban J connectivity index is 0.731. The van der Waals surface area contributed by atoms with Crippen molar-refractivity contribution < 1.29 is 32.9 Å². The van der Waals surface area contributed by atoms with Crippen LogP contribution in [0.25, 0.3) is 22.2 Å². The summed E-state index contributed by atoms with van der Waals surface area (Å²) in [4.78, 5) is 79.4. The molecule has 6 aromatic rings. The Hall–Kier alpha value is -6.87. The number of hydrogen-bond donors (Lipinski definition) is 3. The fraction of sp³-hybridized carbons (Fsp3) is 0.380. The molecule has 1 atom stereocenters. The van der Waals surface area contributed by atoms with E-state index in [1.807, 2.05) is 36.5 Å². The standard InChI is InChI=1S/C50H53BrFN14O6P/c1-61-25-28(23-56-61)31-20-38(58-50-55-24-34(51)46(60-50)57-37-6-5-36-44(54-12-11-53-36)45(37)73(3,4)71)42(72-2)22-40(31)64-13-9-29(10-14-64)62-15-17-63(18-16-62)30-26-65(27-30)41-21-33-32(19-35(41)52)48(69)66(49(33)70)39-7-8-43(67)59-47(39)68/h5-6,11-12,19-25,29-30,39H,7-10,13-18,26-27H2,1-4H3,(H,59,67,68)(H2,55,57,58,60). The Morgan fingerprint density at radius 3 is 2.19 bits per heavy atom. The first-order valence-corrected chi connectivity index (χ1v) is 27.6. The summed E-state index contributed by atoms with van der Waals surface area (Å²) in [5.41, 5.74) is 5.72. The van der Waals surface area contributed by atoms with Crippen molar-refractivity contribution in [3.8, 4) is 16.9 Å². The molecule has 3 aromatic carbocycles. The number of carbonyl (C=O) groups is 4. The average Bonchev–Trinajstić information content (AvgIpc) is 3.90. The molecule has 11 rings (SSSR count). The molecule has 378 valence electrons. The van der Waals surface area contributed by atoms with E-state index in [0.717, 1.165) is 79.9 Å². The lowest BCUT2D eigenvalue weighted by Crippen LogP contribution is -2.64. The third-order valence-corrected chi connectivity index (χ3v) is 16.7. The first-order chi connectivity index (χ1) is 35.1. The SMILES string of the molecule is COc1cc(N2CCC(N3CCN(C4CN(c5cc6c(cc5F)C(=O)N(C5CCC(=O)NC5=O)C6=O)C4)CC3)CC2)c(-c2cnn(C)c2)cc1Nc1ncc(Br)c(Nc2ccc3nccnc3c2P(C)(C)=O)n1. The largest absolute Gasteiger partial charge is 0.494 e. The maximum atomic E-state index is 15.6. The zero-order valence-corrected chi connectivity index (χ0v) is 43.1. The summed E-state index contributed by atoms with van der Waals surface area (Å²) in [6, 6.07) is 9.86. The monoisotopic (exact) mass is 1070 g/mol. The molecule has 0 spiro atoms. The number of amides is 4. The highest BCUT2D eigenvalue weighted by atomic mass is 79.9. The second kappa shape index (κ2) is 19.2. The molecule has 0 bridgehead atoms. The van der Waals surface area contributed by atoms with E-state index in [0.29, 0.717) is 68.8 Å². The number of methoxy groups -OCH3 is 1. The molecule has 23 heteroatoms. The van der Waals surface area contributed by atoms with Crippen LogP contribution in [0.3, 0.4) is 0 Å². The van der Waals surface area contributed by atoms with Gasteiger partial charge in [-0.2, -0.15) is 10.1 Å². The van der Waals surface area contributed by atoms with Gasteiger partial charge in [-0.25, -0.2) is 9.37 Å². The molecule has 8 heterocycles. The smallest absolute Gasteiger partial charge is 0.262 e. The van der Waals surface area contributed by atoms with Gasteiger partial charge in [0.25, 0.3) is 11.8 Å². The summed E-state index contributed by atoms with van der Waals surface area (Å²) in [5, 5.41) is 14.1. The molecule has 3 N–H and O–H groups in total. The van der Waals surface area contributed by atoms with Crippen LogP contribution in [-0.2, 0) is 21.2 Å². The van der Waals surface area contributed by atoms with Gasteiger partial charge in [0.05, 0.1) is 56.8 Å². The fourth-order valence-corrected chi connectivity index (χ4v) is 12.5. The van der Waals surface area contributed by atoms with Gasteiger partial charge in [0, 0.05) is 126 Å². The van der Waals surface area contributed by atoms with Crippen LogP contribution >= 0.6 is 23.1 Å². The molecule has 0 aliphatic carbocycles. The first-order valence-electron chi connectivity index (χ1n) is 24.2. The van der Waals surface area contributed by atoms with E-state index < -0.39 is 42.6 Å². The number of hydrogen-bond acceptors (Lipinski definition) is 17. The van der Waals surface area contributed by atoms with E-state index in [2.05, 4.69) is 78.8 Å². The number of ether oxygens (including phenoxy) is 1. The average molecular weight is 1080 g/mol. The third kappa shape index (κ3) is 9.18. The van der Waals surface area contributed by atoms with Gasteiger partial charge in [-0.3, -0.25) is 53.8 Å². The number of rotatable bonds is 12. The van der Waals surface area contributed by atoms with Crippen molar-refractivity contribution in [1.82, 2.24) is 49.7 Å². The lowest BCUT2D eigenvalue weighted by atomic mass is 9.98. The minimum Gasteiger partial charge on any atom is -0.494 e. The molecule has 20 nitrogen and oxygen atoms in total. The number of nitrogens with zero attached hydrogens (tertiary/aromatic N) is 11. The van der Waals surface area contributed by atoms with E-state index in [-0.39, 0.29) is 35.7 Å². The Bertz CT molecular complexity index is 3280. The summed E-state index contributed by atoms with van der Waals surface area (Å²) in [7, 11) is 0.716. The zero-order valence-electron chi connectivity index (χ0n) is 40.6. The summed E-state index contributed by atoms with van der Waals surface area (Å²) in [6.45, 7) is 9.88. The highest BCUT2D eigenvalue weighted by Crippen LogP contribution is 2.44.